The van der Waals surface area contributed by atoms with E-state index in [4.69, 9.17) is 10.2 Å². The van der Waals surface area contributed by atoms with Crippen molar-refractivity contribution < 1.29 is 10.2 Å². The first-order valence-corrected chi connectivity index (χ1v) is 6.72. The van der Waals surface area contributed by atoms with E-state index in [0.717, 1.165) is 12.8 Å². The maximum atomic E-state index is 8.79. The maximum absolute atomic E-state index is 8.79. The van der Waals surface area contributed by atoms with Gasteiger partial charge >= 0.3 is 0 Å². The van der Waals surface area contributed by atoms with Crippen LogP contribution in [0.15, 0.2) is 10.4 Å². The third-order valence-electron chi connectivity index (χ3n) is 2.05. The van der Waals surface area contributed by atoms with Gasteiger partial charge in [0.05, 0.1) is 9.31 Å². The molecule has 84 valence electrons. The molecule has 4 heteroatoms. The Balaban J connectivity index is 3.54. The first-order chi connectivity index (χ1) is 6.59. The van der Waals surface area contributed by atoms with Crippen molar-refractivity contribution in [2.45, 2.75) is 50.3 Å². The van der Waals surface area contributed by atoms with E-state index in [-0.39, 0.29) is 4.83 Å². The van der Waals surface area contributed by atoms with E-state index >= 15 is 0 Å². The van der Waals surface area contributed by atoms with Crippen LogP contribution in [-0.2, 0) is 0 Å². The predicted octanol–water partition coefficient (Wildman–Crippen LogP) is 4.79. The Hall–Kier alpha value is 0.300. The summed E-state index contributed by atoms with van der Waals surface area (Å²) in [5.41, 5.74) is 0. The average Bonchev–Trinajstić information content (AvgIpc) is 2.16. The quantitative estimate of drug-likeness (QED) is 0.400. The topological polar surface area (TPSA) is 40.5 Å². The van der Waals surface area contributed by atoms with Crippen LogP contribution in [-0.4, -0.2) is 15.0 Å². The summed E-state index contributed by atoms with van der Waals surface area (Å²) in [6.45, 7) is 2.19. The third-order valence-corrected chi connectivity index (χ3v) is 4.49. The summed E-state index contributed by atoms with van der Waals surface area (Å²) in [5, 5.41) is 17.6. The molecule has 0 saturated carbocycles. The number of hydrogen-bond acceptors (Lipinski definition) is 2. The molecule has 0 heterocycles. The van der Waals surface area contributed by atoms with Crippen molar-refractivity contribution in [1.82, 2.24) is 0 Å². The largest absolute Gasteiger partial charge is 0.480 e. The molecule has 0 aliphatic heterocycles. The molecular weight excluding hydrogens is 312 g/mol. The van der Waals surface area contributed by atoms with Gasteiger partial charge in [-0.15, -0.1) is 0 Å². The molecule has 0 rings (SSSR count). The lowest BCUT2D eigenvalue weighted by atomic mass is 10.1. The molecule has 0 aliphatic rings. The molecule has 0 fully saturated rings. The van der Waals surface area contributed by atoms with E-state index in [2.05, 4.69) is 38.8 Å². The first-order valence-electron chi connectivity index (χ1n) is 5.01. The molecule has 0 amide bonds. The molecule has 2 nitrogen and oxygen atoms in total. The molecule has 1 atom stereocenters. The molecule has 0 aromatic rings. The zero-order valence-corrected chi connectivity index (χ0v) is 11.6. The second-order valence-corrected chi connectivity index (χ2v) is 5.30. The minimum atomic E-state index is -0.625. The number of allylic oxidation sites excluding steroid dienone is 1. The maximum Gasteiger partial charge on any atom is 0.285 e. The number of alkyl halides is 1. The summed E-state index contributed by atoms with van der Waals surface area (Å²) in [4.78, 5) is 0.0223. The zero-order valence-electron chi connectivity index (χ0n) is 8.47. The van der Waals surface area contributed by atoms with Gasteiger partial charge in [-0.05, 0) is 22.4 Å². The highest BCUT2D eigenvalue weighted by Gasteiger charge is 2.12. The van der Waals surface area contributed by atoms with Crippen LogP contribution in [0.2, 0.25) is 0 Å². The van der Waals surface area contributed by atoms with Crippen LogP contribution in [0.25, 0.3) is 0 Å². The molecule has 14 heavy (non-hydrogen) atoms. The minimum Gasteiger partial charge on any atom is -0.480 e. The fraction of sp³-hybridized carbons (Fsp3) is 0.800. The Kier molecular flexibility index (Phi) is 8.78. The third kappa shape index (κ3) is 6.71. The first kappa shape index (κ1) is 14.3. The molecule has 0 saturated heterocycles. The summed E-state index contributed by atoms with van der Waals surface area (Å²) in [6, 6.07) is 0. The van der Waals surface area contributed by atoms with Gasteiger partial charge in [-0.1, -0.05) is 55.0 Å². The second kappa shape index (κ2) is 8.60. The molecule has 0 bridgehead atoms. The van der Waals surface area contributed by atoms with E-state index in [1.165, 1.54) is 25.7 Å². The number of hydrogen-bond donors (Lipinski definition) is 2. The van der Waals surface area contributed by atoms with E-state index in [9.17, 15) is 0 Å². The number of aliphatic hydroxyl groups excluding tert-OH is 1. The Morgan fingerprint density at radius 3 is 2.21 bits per heavy atom. The van der Waals surface area contributed by atoms with E-state index < -0.39 is 5.95 Å². The van der Waals surface area contributed by atoms with Crippen molar-refractivity contribution in [3.05, 3.63) is 10.4 Å². The van der Waals surface area contributed by atoms with E-state index in [1.807, 2.05) is 0 Å². The summed E-state index contributed by atoms with van der Waals surface area (Å²) in [7, 11) is 0. The van der Waals surface area contributed by atoms with Crippen molar-refractivity contribution in [3.63, 3.8) is 0 Å². The van der Waals surface area contributed by atoms with Crippen molar-refractivity contribution in [2.24, 2.45) is 0 Å². The number of rotatable bonds is 7. The van der Waals surface area contributed by atoms with Gasteiger partial charge < -0.3 is 10.2 Å². The molecule has 2 N–H and O–H groups in total. The van der Waals surface area contributed by atoms with E-state index in [1.54, 1.807) is 0 Å². The highest BCUT2D eigenvalue weighted by molar-refractivity contribution is 9.14. The molecule has 0 aromatic heterocycles. The van der Waals surface area contributed by atoms with Crippen LogP contribution >= 0.6 is 31.9 Å². The monoisotopic (exact) mass is 328 g/mol. The molecular formula is C10H18Br2O2. The summed E-state index contributed by atoms with van der Waals surface area (Å²) in [5.74, 6) is -0.625. The Morgan fingerprint density at radius 1 is 1.14 bits per heavy atom. The molecule has 0 aliphatic carbocycles. The van der Waals surface area contributed by atoms with Gasteiger partial charge in [0.25, 0.3) is 5.95 Å². The normalized spacial score (nSPS) is 12.5. The van der Waals surface area contributed by atoms with Gasteiger partial charge in [0.1, 0.15) is 0 Å². The summed E-state index contributed by atoms with van der Waals surface area (Å²) in [6.07, 6.45) is 7.05. The fourth-order valence-electron chi connectivity index (χ4n) is 1.19. The van der Waals surface area contributed by atoms with Crippen LogP contribution in [0.5, 0.6) is 0 Å². The van der Waals surface area contributed by atoms with Gasteiger partial charge in [-0.2, -0.15) is 0 Å². The van der Waals surface area contributed by atoms with Crippen molar-refractivity contribution in [3.8, 4) is 0 Å². The van der Waals surface area contributed by atoms with Crippen molar-refractivity contribution in [2.75, 3.05) is 0 Å². The zero-order chi connectivity index (χ0) is 11.0. The highest BCUT2D eigenvalue weighted by atomic mass is 79.9. The summed E-state index contributed by atoms with van der Waals surface area (Å²) < 4.78 is 0.438. The predicted molar refractivity (Wildman–Crippen MR) is 67.3 cm³/mol. The minimum absolute atomic E-state index is 0.0223. The van der Waals surface area contributed by atoms with Crippen LogP contribution in [0.3, 0.4) is 0 Å². The lowest BCUT2D eigenvalue weighted by Gasteiger charge is -2.08. The van der Waals surface area contributed by atoms with Crippen LogP contribution in [0.1, 0.15) is 45.4 Å². The molecule has 0 radical (unpaired) electrons. The van der Waals surface area contributed by atoms with Gasteiger partial charge in [-0.25, -0.2) is 0 Å². The average molecular weight is 330 g/mol. The number of aliphatic hydroxyl groups is 2. The Morgan fingerprint density at radius 2 is 1.71 bits per heavy atom. The summed E-state index contributed by atoms with van der Waals surface area (Å²) >= 11 is 6.51. The smallest absolute Gasteiger partial charge is 0.285 e. The van der Waals surface area contributed by atoms with Crippen molar-refractivity contribution in [1.29, 1.82) is 0 Å². The molecule has 0 spiro atoms. The number of halogens is 2. The highest BCUT2D eigenvalue weighted by Crippen LogP contribution is 2.25. The van der Waals surface area contributed by atoms with Gasteiger partial charge in [0, 0.05) is 0 Å². The van der Waals surface area contributed by atoms with E-state index in [0.29, 0.717) is 4.48 Å². The van der Waals surface area contributed by atoms with Crippen molar-refractivity contribution >= 4 is 31.9 Å². The van der Waals surface area contributed by atoms with Gasteiger partial charge in [0.2, 0.25) is 0 Å². The lowest BCUT2D eigenvalue weighted by molar-refractivity contribution is 0.188. The Bertz CT molecular complexity index is 177. The van der Waals surface area contributed by atoms with Crippen LogP contribution in [0.4, 0.5) is 0 Å². The SMILES string of the molecule is CCCCCCCC(Br)C(Br)=C(O)O. The van der Waals surface area contributed by atoms with Crippen LogP contribution in [0, 0.1) is 0 Å². The standard InChI is InChI=1S/C10H18Br2O2/c1-2-3-4-5-6-7-8(11)9(12)10(13)14/h8,13-14H,2-7H2,1H3. The Labute approximate surface area is 103 Å². The lowest BCUT2D eigenvalue weighted by Crippen LogP contribution is -2.00. The molecule has 1 unspecified atom stereocenters. The van der Waals surface area contributed by atoms with Gasteiger partial charge in [0.15, 0.2) is 0 Å². The van der Waals surface area contributed by atoms with Gasteiger partial charge in [-0.3, -0.25) is 0 Å². The molecule has 0 aromatic carbocycles. The number of unbranched alkanes of at least 4 members (excludes halogenated alkanes) is 4. The second-order valence-electron chi connectivity index (χ2n) is 3.34. The van der Waals surface area contributed by atoms with Crippen LogP contribution < -0.4 is 0 Å². The fourth-order valence-corrected chi connectivity index (χ4v) is 1.95.